The first kappa shape index (κ1) is 28.5. The van der Waals surface area contributed by atoms with Crippen LogP contribution in [0.1, 0.15) is 50.2 Å². The summed E-state index contributed by atoms with van der Waals surface area (Å²) in [5.74, 6) is -3.36. The van der Waals surface area contributed by atoms with E-state index in [1.54, 1.807) is 24.3 Å². The van der Waals surface area contributed by atoms with E-state index in [1.165, 1.54) is 12.1 Å². The van der Waals surface area contributed by atoms with Gasteiger partial charge >= 0.3 is 6.18 Å². The Balaban J connectivity index is 1.45. The Morgan fingerprint density at radius 3 is 2.42 bits per heavy atom. The summed E-state index contributed by atoms with van der Waals surface area (Å²) in [5, 5.41) is 7.57. The van der Waals surface area contributed by atoms with E-state index in [2.05, 4.69) is 16.0 Å². The fraction of sp³-hybridized carbons (Fsp3) is 0.321. The molecule has 2 aromatic rings. The van der Waals surface area contributed by atoms with Crippen molar-refractivity contribution >= 4 is 40.9 Å². The minimum absolute atomic E-state index is 0.0101. The number of alkyl halides is 3. The van der Waals surface area contributed by atoms with Crippen LogP contribution in [0.3, 0.4) is 0 Å². The molecule has 2 aliphatic rings. The van der Waals surface area contributed by atoms with E-state index >= 15 is 0 Å². The molecule has 0 saturated carbocycles. The quantitative estimate of drug-likeness (QED) is 0.423. The maximum Gasteiger partial charge on any atom is 0.416 e. The molecule has 12 heteroatoms. The monoisotopic (exact) mass is 556 g/mol. The number of anilines is 2. The Labute approximate surface area is 227 Å². The third-order valence-electron chi connectivity index (χ3n) is 6.75. The number of rotatable bonds is 8. The van der Waals surface area contributed by atoms with E-state index in [9.17, 15) is 37.1 Å². The molecule has 4 rings (SSSR count). The molecule has 0 spiro atoms. The Morgan fingerprint density at radius 1 is 1.05 bits per heavy atom. The summed E-state index contributed by atoms with van der Waals surface area (Å²) in [6.07, 6.45) is -3.41. The van der Waals surface area contributed by atoms with Crippen molar-refractivity contribution in [1.29, 1.82) is 0 Å². The maximum absolute atomic E-state index is 13.0. The number of benzene rings is 2. The van der Waals surface area contributed by atoms with Gasteiger partial charge in [-0.15, -0.1) is 0 Å². The first-order valence-corrected chi connectivity index (χ1v) is 12.6. The van der Waals surface area contributed by atoms with Gasteiger partial charge in [-0.05, 0) is 54.2 Å². The first-order chi connectivity index (χ1) is 18.8. The summed E-state index contributed by atoms with van der Waals surface area (Å²) < 4.78 is 39.1. The van der Waals surface area contributed by atoms with Crippen LogP contribution >= 0.6 is 0 Å². The van der Waals surface area contributed by atoms with Crippen molar-refractivity contribution in [2.45, 2.75) is 51.2 Å². The zero-order valence-electron chi connectivity index (χ0n) is 21.7. The van der Waals surface area contributed by atoms with Gasteiger partial charge in [-0.1, -0.05) is 32.0 Å². The van der Waals surface area contributed by atoms with Crippen molar-refractivity contribution in [3.63, 3.8) is 0 Å². The highest BCUT2D eigenvalue weighted by atomic mass is 19.4. The smallest absolute Gasteiger partial charge is 0.351 e. The van der Waals surface area contributed by atoms with Gasteiger partial charge in [-0.3, -0.25) is 34.2 Å². The van der Waals surface area contributed by atoms with Crippen molar-refractivity contribution in [2.75, 3.05) is 10.6 Å². The molecule has 2 atom stereocenters. The number of amides is 5. The van der Waals surface area contributed by atoms with Gasteiger partial charge in [0.1, 0.15) is 11.7 Å². The van der Waals surface area contributed by atoms with Crippen LogP contribution < -0.4 is 16.0 Å². The van der Waals surface area contributed by atoms with Gasteiger partial charge in [0.05, 0.1) is 5.56 Å². The van der Waals surface area contributed by atoms with Gasteiger partial charge in [-0.25, -0.2) is 0 Å². The lowest BCUT2D eigenvalue weighted by Crippen LogP contribution is -2.54. The van der Waals surface area contributed by atoms with Crippen LogP contribution in [0.25, 0.3) is 0 Å². The molecule has 0 aromatic heterocycles. The molecule has 1 fully saturated rings. The molecule has 2 aromatic carbocycles. The van der Waals surface area contributed by atoms with Crippen molar-refractivity contribution in [3.05, 3.63) is 71.4 Å². The number of halogens is 3. The summed E-state index contributed by atoms with van der Waals surface area (Å²) in [6.45, 7) is 3.81. The average Bonchev–Trinajstić information content (AvgIpc) is 3.14. The highest BCUT2D eigenvalue weighted by molar-refractivity contribution is 6.20. The zero-order chi connectivity index (χ0) is 29.2. The lowest BCUT2D eigenvalue weighted by molar-refractivity contribution is -0.149. The van der Waals surface area contributed by atoms with E-state index < -0.39 is 47.3 Å². The molecule has 9 nitrogen and oxygen atoms in total. The summed E-state index contributed by atoms with van der Waals surface area (Å²) in [5.41, 5.74) is 0.317. The standard InChI is InChI=1S/C28H27F3N4O5/c1-15(2)20(13-24(37)33-19-8-4-6-17(12-19)28(29,30)31)16-5-3-7-18(11-16)32-21-14-25(38)35(27(21)40)22-9-10-23(36)34-26(22)39/h3-8,11-12,14-15,20,22,32H,9-10,13H2,1-2H3,(H,33,37)(H,34,36,39)/t20-,22?/m0/s1. The van der Waals surface area contributed by atoms with Crippen molar-refractivity contribution in [1.82, 2.24) is 10.2 Å². The Kier molecular flexibility index (Phi) is 8.08. The van der Waals surface area contributed by atoms with Gasteiger partial charge in [0.2, 0.25) is 17.7 Å². The van der Waals surface area contributed by atoms with Crippen LogP contribution in [-0.4, -0.2) is 40.5 Å². The van der Waals surface area contributed by atoms with Crippen LogP contribution in [-0.2, 0) is 30.1 Å². The van der Waals surface area contributed by atoms with E-state index in [1.807, 2.05) is 13.8 Å². The third kappa shape index (κ3) is 6.38. The fourth-order valence-electron chi connectivity index (χ4n) is 4.72. The number of carbonyl (C=O) groups is 5. The molecule has 3 N–H and O–H groups in total. The van der Waals surface area contributed by atoms with E-state index in [0.29, 0.717) is 5.69 Å². The maximum atomic E-state index is 13.0. The van der Waals surface area contributed by atoms with Gasteiger partial charge in [-0.2, -0.15) is 13.2 Å². The molecular formula is C28H27F3N4O5. The van der Waals surface area contributed by atoms with Crippen LogP contribution in [0.5, 0.6) is 0 Å². The number of piperidine rings is 1. The number of hydrogen-bond donors (Lipinski definition) is 3. The lowest BCUT2D eigenvalue weighted by atomic mass is 9.85. The van der Waals surface area contributed by atoms with Gasteiger partial charge < -0.3 is 10.6 Å². The second kappa shape index (κ2) is 11.3. The summed E-state index contributed by atoms with van der Waals surface area (Å²) in [7, 11) is 0. The van der Waals surface area contributed by atoms with Crippen LogP contribution in [0.4, 0.5) is 24.5 Å². The lowest BCUT2D eigenvalue weighted by Gasteiger charge is -2.28. The molecule has 2 aliphatic heterocycles. The highest BCUT2D eigenvalue weighted by Gasteiger charge is 2.42. The van der Waals surface area contributed by atoms with Gasteiger partial charge in [0.15, 0.2) is 0 Å². The molecule has 2 heterocycles. The Bertz CT molecular complexity index is 1400. The first-order valence-electron chi connectivity index (χ1n) is 12.6. The molecule has 40 heavy (non-hydrogen) atoms. The molecule has 5 amide bonds. The summed E-state index contributed by atoms with van der Waals surface area (Å²) in [4.78, 5) is 62.7. The third-order valence-corrected chi connectivity index (χ3v) is 6.75. The second-order valence-electron chi connectivity index (χ2n) is 9.97. The SMILES string of the molecule is CC(C)[C@H](CC(=O)Nc1cccc(C(F)(F)F)c1)c1cccc(NC2=CC(=O)N(C3CCC(=O)NC3=O)C2=O)c1. The minimum Gasteiger partial charge on any atom is -0.351 e. The number of nitrogens with zero attached hydrogens (tertiary/aromatic N) is 1. The molecule has 0 aliphatic carbocycles. The van der Waals surface area contributed by atoms with E-state index in [4.69, 9.17) is 0 Å². The van der Waals surface area contributed by atoms with Crippen LogP contribution in [0.2, 0.25) is 0 Å². The van der Waals surface area contributed by atoms with Gasteiger partial charge in [0, 0.05) is 30.3 Å². The molecule has 1 saturated heterocycles. The number of carbonyl (C=O) groups excluding carboxylic acids is 5. The average molecular weight is 557 g/mol. The number of hydrogen-bond acceptors (Lipinski definition) is 6. The predicted molar refractivity (Wildman–Crippen MR) is 138 cm³/mol. The normalized spacial score (nSPS) is 18.5. The molecule has 0 radical (unpaired) electrons. The minimum atomic E-state index is -4.53. The molecular weight excluding hydrogens is 529 g/mol. The van der Waals surface area contributed by atoms with Crippen molar-refractivity contribution in [2.24, 2.45) is 5.92 Å². The summed E-state index contributed by atoms with van der Waals surface area (Å²) in [6, 6.07) is 10.2. The highest BCUT2D eigenvalue weighted by Crippen LogP contribution is 2.33. The van der Waals surface area contributed by atoms with Crippen molar-refractivity contribution < 1.29 is 37.1 Å². The summed E-state index contributed by atoms with van der Waals surface area (Å²) >= 11 is 0. The Morgan fingerprint density at radius 2 is 1.75 bits per heavy atom. The number of imide groups is 2. The molecule has 1 unspecified atom stereocenters. The van der Waals surface area contributed by atoms with Crippen molar-refractivity contribution in [3.8, 4) is 0 Å². The number of nitrogens with one attached hydrogen (secondary N) is 3. The predicted octanol–water partition coefficient (Wildman–Crippen LogP) is 3.94. The van der Waals surface area contributed by atoms with Gasteiger partial charge in [0.25, 0.3) is 11.8 Å². The topological polar surface area (TPSA) is 125 Å². The van der Waals surface area contributed by atoms with E-state index in [0.717, 1.165) is 28.7 Å². The zero-order valence-corrected chi connectivity index (χ0v) is 21.7. The molecule has 210 valence electrons. The second-order valence-corrected chi connectivity index (χ2v) is 9.97. The largest absolute Gasteiger partial charge is 0.416 e. The van der Waals surface area contributed by atoms with Crippen LogP contribution in [0, 0.1) is 5.92 Å². The fourth-order valence-corrected chi connectivity index (χ4v) is 4.72. The molecule has 0 bridgehead atoms. The van der Waals surface area contributed by atoms with Crippen LogP contribution in [0.15, 0.2) is 60.3 Å². The van der Waals surface area contributed by atoms with E-state index in [-0.39, 0.29) is 42.5 Å². The Hall–Kier alpha value is -4.48.